The predicted octanol–water partition coefficient (Wildman–Crippen LogP) is 6.80. The number of para-hydroxylation sites is 1. The van der Waals surface area contributed by atoms with Crippen molar-refractivity contribution in [1.29, 1.82) is 0 Å². The molecule has 5 aromatic rings. The smallest absolute Gasteiger partial charge is 0.343 e. The monoisotopic (exact) mass is 549 g/mol. The van der Waals surface area contributed by atoms with Gasteiger partial charge in [-0.15, -0.1) is 0 Å². The number of carbonyl (C=O) groups excluding carboxylic acids is 2. The van der Waals surface area contributed by atoms with E-state index in [1.165, 1.54) is 22.0 Å². The number of nitrogens with one attached hydrogen (secondary N) is 1. The molecule has 0 atom stereocenters. The lowest BCUT2D eigenvalue weighted by molar-refractivity contribution is 0.0527. The number of anilines is 1. The molecule has 0 spiro atoms. The van der Waals surface area contributed by atoms with Crippen molar-refractivity contribution in [3.63, 3.8) is 0 Å². The summed E-state index contributed by atoms with van der Waals surface area (Å²) in [6.45, 7) is 6.43. The molecule has 208 valence electrons. The summed E-state index contributed by atoms with van der Waals surface area (Å²) in [5.41, 5.74) is 3.07. The fourth-order valence-corrected chi connectivity index (χ4v) is 4.48. The Kier molecular flexibility index (Phi) is 8.01. The number of benzene rings is 3. The Bertz CT molecular complexity index is 1620. The first-order chi connectivity index (χ1) is 19.9. The zero-order chi connectivity index (χ0) is 28.8. The van der Waals surface area contributed by atoms with E-state index in [-0.39, 0.29) is 35.8 Å². The lowest BCUT2D eigenvalue weighted by Crippen LogP contribution is -2.18. The summed E-state index contributed by atoms with van der Waals surface area (Å²) in [6.07, 6.45) is 1.37. The number of amides is 1. The van der Waals surface area contributed by atoms with Gasteiger partial charge in [-0.1, -0.05) is 74.5 Å². The largest absolute Gasteiger partial charge is 0.486 e. The van der Waals surface area contributed by atoms with E-state index in [1.54, 1.807) is 19.1 Å². The molecule has 0 fully saturated rings. The van der Waals surface area contributed by atoms with Crippen LogP contribution in [0.25, 0.3) is 5.69 Å². The Morgan fingerprint density at radius 2 is 1.54 bits per heavy atom. The predicted molar refractivity (Wildman–Crippen MR) is 156 cm³/mol. The number of nitrogens with zero attached hydrogens (tertiary/aromatic N) is 2. The molecule has 3 aromatic carbocycles. The van der Waals surface area contributed by atoms with Crippen molar-refractivity contribution in [2.75, 3.05) is 11.9 Å². The van der Waals surface area contributed by atoms with Gasteiger partial charge in [0, 0.05) is 5.41 Å². The molecule has 0 aliphatic heterocycles. The quantitative estimate of drug-likeness (QED) is 0.193. The van der Waals surface area contributed by atoms with Gasteiger partial charge in [0.05, 0.1) is 18.5 Å². The summed E-state index contributed by atoms with van der Waals surface area (Å²) in [5.74, 6) is 0.298. The van der Waals surface area contributed by atoms with Crippen molar-refractivity contribution < 1.29 is 23.5 Å². The van der Waals surface area contributed by atoms with Crippen LogP contribution < -0.4 is 10.1 Å². The van der Waals surface area contributed by atoms with Crippen LogP contribution in [0.2, 0.25) is 0 Å². The highest BCUT2D eigenvalue weighted by Gasteiger charge is 2.24. The summed E-state index contributed by atoms with van der Waals surface area (Å²) in [5, 5.41) is 7.05. The van der Waals surface area contributed by atoms with Gasteiger partial charge >= 0.3 is 5.97 Å². The molecule has 8 nitrogen and oxygen atoms in total. The fraction of sp³-hybridized carbons (Fsp3) is 0.182. The van der Waals surface area contributed by atoms with Crippen LogP contribution in [-0.2, 0) is 16.8 Å². The first-order valence-electron chi connectivity index (χ1n) is 13.4. The van der Waals surface area contributed by atoms with Gasteiger partial charge in [0.2, 0.25) is 0 Å². The second kappa shape index (κ2) is 12.0. The van der Waals surface area contributed by atoms with Gasteiger partial charge in [-0.25, -0.2) is 9.48 Å². The third-order valence-electron chi connectivity index (χ3n) is 6.84. The number of carbonyl (C=O) groups is 2. The molecule has 1 amide bonds. The topological polar surface area (TPSA) is 95.6 Å². The molecule has 0 unspecified atom stereocenters. The Labute approximate surface area is 238 Å². The number of hydrogen-bond donors (Lipinski definition) is 1. The van der Waals surface area contributed by atoms with E-state index in [0.717, 1.165) is 0 Å². The average Bonchev–Trinajstić information content (AvgIpc) is 3.65. The van der Waals surface area contributed by atoms with Crippen molar-refractivity contribution in [1.82, 2.24) is 9.78 Å². The highest BCUT2D eigenvalue weighted by molar-refractivity contribution is 6.06. The molecule has 8 heteroatoms. The molecule has 5 rings (SSSR count). The zero-order valence-corrected chi connectivity index (χ0v) is 23.2. The number of ether oxygens (including phenoxy) is 2. The number of hydrogen-bond acceptors (Lipinski definition) is 6. The van der Waals surface area contributed by atoms with Crippen molar-refractivity contribution in [2.45, 2.75) is 32.8 Å². The van der Waals surface area contributed by atoms with E-state index in [0.29, 0.717) is 17.2 Å². The highest BCUT2D eigenvalue weighted by Crippen LogP contribution is 2.32. The molecule has 0 bridgehead atoms. The Balaban J connectivity index is 1.26. The molecule has 2 aromatic heterocycles. The summed E-state index contributed by atoms with van der Waals surface area (Å²) < 4.78 is 18.3. The van der Waals surface area contributed by atoms with Gasteiger partial charge in [0.15, 0.2) is 11.6 Å². The van der Waals surface area contributed by atoms with E-state index in [9.17, 15) is 9.59 Å². The molecular formula is C33H31N3O5. The van der Waals surface area contributed by atoms with Gasteiger partial charge in [-0.05, 0) is 54.4 Å². The van der Waals surface area contributed by atoms with Gasteiger partial charge in [0.1, 0.15) is 23.7 Å². The van der Waals surface area contributed by atoms with Gasteiger partial charge < -0.3 is 19.2 Å². The minimum atomic E-state index is -0.586. The normalized spacial score (nSPS) is 11.2. The SMILES string of the molecule is CCOC(=O)c1cnn(-c2ccccc2)c1NC(=O)c1ccc(COc2ccc(C(C)(C)c3ccccc3)cc2)o1. The van der Waals surface area contributed by atoms with Gasteiger partial charge in [-0.3, -0.25) is 4.79 Å². The Hall–Kier alpha value is -5.11. The first kappa shape index (κ1) is 27.5. The van der Waals surface area contributed by atoms with Crippen molar-refractivity contribution >= 4 is 17.7 Å². The van der Waals surface area contributed by atoms with Crippen LogP contribution in [0.15, 0.2) is 108 Å². The van der Waals surface area contributed by atoms with E-state index >= 15 is 0 Å². The molecule has 0 radical (unpaired) electrons. The van der Waals surface area contributed by atoms with Crippen LogP contribution in [0.4, 0.5) is 5.82 Å². The summed E-state index contributed by atoms with van der Waals surface area (Å²) in [4.78, 5) is 25.7. The molecule has 0 aliphatic rings. The lowest BCUT2D eigenvalue weighted by atomic mass is 9.78. The number of rotatable bonds is 10. The number of aromatic nitrogens is 2. The Morgan fingerprint density at radius 1 is 0.878 bits per heavy atom. The minimum absolute atomic E-state index is 0.0687. The molecule has 0 saturated carbocycles. The van der Waals surface area contributed by atoms with E-state index in [4.69, 9.17) is 13.9 Å². The van der Waals surface area contributed by atoms with E-state index in [2.05, 4.69) is 48.5 Å². The summed E-state index contributed by atoms with van der Waals surface area (Å²) >= 11 is 0. The number of furan rings is 1. The Morgan fingerprint density at radius 3 is 2.22 bits per heavy atom. The van der Waals surface area contributed by atoms with Crippen molar-refractivity contribution in [3.8, 4) is 11.4 Å². The van der Waals surface area contributed by atoms with Crippen LogP contribution in [0.3, 0.4) is 0 Å². The van der Waals surface area contributed by atoms with Crippen molar-refractivity contribution in [3.05, 3.63) is 131 Å². The second-order valence-electron chi connectivity index (χ2n) is 9.90. The highest BCUT2D eigenvalue weighted by atomic mass is 16.5. The maximum atomic E-state index is 13.1. The number of esters is 1. The standard InChI is InChI=1S/C33H31N3O5/c1-4-39-32(38)28-21-34-36(25-13-9-6-10-14-25)30(28)35-31(37)29-20-19-27(41-29)22-40-26-17-15-24(16-18-26)33(2,3)23-11-7-5-8-12-23/h5-21H,4,22H2,1-3H3,(H,35,37). The van der Waals surface area contributed by atoms with Crippen LogP contribution in [0, 0.1) is 0 Å². The van der Waals surface area contributed by atoms with Crippen LogP contribution >= 0.6 is 0 Å². The third kappa shape index (κ3) is 6.06. The van der Waals surface area contributed by atoms with Crippen LogP contribution in [0.5, 0.6) is 5.75 Å². The molecule has 2 heterocycles. The van der Waals surface area contributed by atoms with Crippen LogP contribution in [0.1, 0.15) is 58.6 Å². The maximum Gasteiger partial charge on any atom is 0.343 e. The maximum absolute atomic E-state index is 13.1. The van der Waals surface area contributed by atoms with Crippen LogP contribution in [-0.4, -0.2) is 28.3 Å². The molecule has 0 saturated heterocycles. The molecular weight excluding hydrogens is 518 g/mol. The lowest BCUT2D eigenvalue weighted by Gasteiger charge is -2.26. The first-order valence-corrected chi connectivity index (χ1v) is 13.4. The molecule has 1 N–H and O–H groups in total. The van der Waals surface area contributed by atoms with Crippen molar-refractivity contribution in [2.24, 2.45) is 0 Å². The molecule has 41 heavy (non-hydrogen) atoms. The van der Waals surface area contributed by atoms with Gasteiger partial charge in [-0.2, -0.15) is 5.10 Å². The molecule has 0 aliphatic carbocycles. The van der Waals surface area contributed by atoms with E-state index < -0.39 is 11.9 Å². The van der Waals surface area contributed by atoms with E-state index in [1.807, 2.05) is 60.7 Å². The summed E-state index contributed by atoms with van der Waals surface area (Å²) in [6, 6.07) is 30.7. The second-order valence-corrected chi connectivity index (χ2v) is 9.90. The fourth-order valence-electron chi connectivity index (χ4n) is 4.48. The zero-order valence-electron chi connectivity index (χ0n) is 23.2. The summed E-state index contributed by atoms with van der Waals surface area (Å²) in [7, 11) is 0. The van der Waals surface area contributed by atoms with Gasteiger partial charge in [0.25, 0.3) is 5.91 Å². The third-order valence-corrected chi connectivity index (χ3v) is 6.84. The average molecular weight is 550 g/mol. The minimum Gasteiger partial charge on any atom is -0.486 e.